The third kappa shape index (κ3) is 3.10. The molecule has 0 radical (unpaired) electrons. The van der Waals surface area contributed by atoms with E-state index in [9.17, 15) is 0 Å². The second-order valence-electron chi connectivity index (χ2n) is 4.32. The number of hydrogen-bond donors (Lipinski definition) is 0. The van der Waals surface area contributed by atoms with E-state index in [2.05, 4.69) is 49.4 Å². The van der Waals surface area contributed by atoms with E-state index in [1.807, 2.05) is 6.08 Å². The van der Waals surface area contributed by atoms with Crippen LogP contribution in [0.3, 0.4) is 0 Å². The van der Waals surface area contributed by atoms with Crippen LogP contribution in [0.15, 0.2) is 65.5 Å². The van der Waals surface area contributed by atoms with Crippen molar-refractivity contribution in [2.45, 2.75) is 19.8 Å². The van der Waals surface area contributed by atoms with Gasteiger partial charge in [-0.1, -0.05) is 42.0 Å². The Kier molecular flexibility index (Phi) is 3.81. The highest BCUT2D eigenvalue weighted by atomic mass is 16.5. The average Bonchev–Trinajstić information content (AvgIpc) is 2.40. The average molecular weight is 226 g/mol. The summed E-state index contributed by atoms with van der Waals surface area (Å²) in [5.41, 5.74) is 4.20. The van der Waals surface area contributed by atoms with Crippen molar-refractivity contribution >= 4 is 0 Å². The maximum absolute atomic E-state index is 5.19. The monoisotopic (exact) mass is 226 g/mol. The zero-order chi connectivity index (χ0) is 12.1. The van der Waals surface area contributed by atoms with E-state index >= 15 is 0 Å². The molecule has 0 saturated carbocycles. The van der Waals surface area contributed by atoms with Crippen LogP contribution in [-0.4, -0.2) is 7.11 Å². The summed E-state index contributed by atoms with van der Waals surface area (Å²) >= 11 is 0. The van der Waals surface area contributed by atoms with Crippen molar-refractivity contribution in [2.75, 3.05) is 7.11 Å². The fourth-order valence-electron chi connectivity index (χ4n) is 2.01. The molecule has 0 saturated heterocycles. The number of allylic oxidation sites excluding steroid dienone is 5. The minimum absolute atomic E-state index is 0.960. The minimum atomic E-state index is 0.960. The van der Waals surface area contributed by atoms with Crippen molar-refractivity contribution in [1.82, 2.24) is 0 Å². The molecule has 0 aromatic heterocycles. The Balaban J connectivity index is 2.08. The van der Waals surface area contributed by atoms with Gasteiger partial charge in [-0.25, -0.2) is 0 Å². The molecule has 0 amide bonds. The standard InChI is InChI=1S/C16H18O/c1-13(12-14-6-4-3-5-7-14)15-8-10-16(17-2)11-9-15/h3-8,10-11H,9,12H2,1-2H3/b15-13-. The molecular formula is C16H18O. The maximum atomic E-state index is 5.19. The summed E-state index contributed by atoms with van der Waals surface area (Å²) in [4.78, 5) is 0. The molecule has 0 atom stereocenters. The van der Waals surface area contributed by atoms with E-state index in [4.69, 9.17) is 4.74 Å². The summed E-state index contributed by atoms with van der Waals surface area (Å²) < 4.78 is 5.19. The van der Waals surface area contributed by atoms with E-state index in [-0.39, 0.29) is 0 Å². The van der Waals surface area contributed by atoms with Crippen LogP contribution in [0.4, 0.5) is 0 Å². The summed E-state index contributed by atoms with van der Waals surface area (Å²) in [6.45, 7) is 2.21. The molecule has 1 heteroatoms. The van der Waals surface area contributed by atoms with Crippen molar-refractivity contribution in [3.05, 3.63) is 71.0 Å². The van der Waals surface area contributed by atoms with Crippen LogP contribution < -0.4 is 0 Å². The van der Waals surface area contributed by atoms with Crippen molar-refractivity contribution in [1.29, 1.82) is 0 Å². The predicted octanol–water partition coefficient (Wildman–Crippen LogP) is 4.04. The highest BCUT2D eigenvalue weighted by Gasteiger charge is 2.05. The molecule has 0 heterocycles. The summed E-state index contributed by atoms with van der Waals surface area (Å²) in [6, 6.07) is 10.6. The lowest BCUT2D eigenvalue weighted by Gasteiger charge is -2.12. The first kappa shape index (κ1) is 11.7. The lowest BCUT2D eigenvalue weighted by Crippen LogP contribution is -1.95. The van der Waals surface area contributed by atoms with Gasteiger partial charge in [0.2, 0.25) is 0 Å². The Morgan fingerprint density at radius 1 is 1.18 bits per heavy atom. The van der Waals surface area contributed by atoms with Crippen LogP contribution in [0.2, 0.25) is 0 Å². The van der Waals surface area contributed by atoms with Crippen LogP contribution in [0, 0.1) is 0 Å². The van der Waals surface area contributed by atoms with Crippen molar-refractivity contribution in [3.8, 4) is 0 Å². The van der Waals surface area contributed by atoms with Crippen molar-refractivity contribution in [2.24, 2.45) is 0 Å². The summed E-state index contributed by atoms with van der Waals surface area (Å²) in [7, 11) is 1.71. The molecule has 0 fully saturated rings. The minimum Gasteiger partial charge on any atom is -0.497 e. The fraction of sp³-hybridized carbons (Fsp3) is 0.250. The fourth-order valence-corrected chi connectivity index (χ4v) is 2.01. The first-order valence-electron chi connectivity index (χ1n) is 5.94. The number of benzene rings is 1. The number of ether oxygens (including phenoxy) is 1. The van der Waals surface area contributed by atoms with Gasteiger partial charge < -0.3 is 4.74 Å². The second-order valence-corrected chi connectivity index (χ2v) is 4.32. The van der Waals surface area contributed by atoms with Crippen molar-refractivity contribution < 1.29 is 4.74 Å². The Morgan fingerprint density at radius 3 is 2.53 bits per heavy atom. The molecule has 2 rings (SSSR count). The molecule has 1 aliphatic rings. The molecule has 0 bridgehead atoms. The van der Waals surface area contributed by atoms with Crippen molar-refractivity contribution in [3.63, 3.8) is 0 Å². The Hall–Kier alpha value is -1.76. The summed E-state index contributed by atoms with van der Waals surface area (Å²) in [5.74, 6) is 0.960. The second kappa shape index (κ2) is 5.53. The third-order valence-electron chi connectivity index (χ3n) is 3.07. The molecule has 1 aromatic carbocycles. The summed E-state index contributed by atoms with van der Waals surface area (Å²) in [6.07, 6.45) is 8.32. The smallest absolute Gasteiger partial charge is 0.115 e. The van der Waals surface area contributed by atoms with E-state index in [1.54, 1.807) is 7.11 Å². The quantitative estimate of drug-likeness (QED) is 0.756. The normalized spacial score (nSPS) is 17.6. The number of methoxy groups -OCH3 is 1. The van der Waals surface area contributed by atoms with Gasteiger partial charge in [0.25, 0.3) is 0 Å². The van der Waals surface area contributed by atoms with E-state index in [0.29, 0.717) is 0 Å². The van der Waals surface area contributed by atoms with Gasteiger partial charge in [0, 0.05) is 0 Å². The van der Waals surface area contributed by atoms with Gasteiger partial charge >= 0.3 is 0 Å². The van der Waals surface area contributed by atoms with Gasteiger partial charge in [0.1, 0.15) is 5.76 Å². The Bertz CT molecular complexity index is 464. The van der Waals surface area contributed by atoms with E-state index in [1.165, 1.54) is 16.7 Å². The molecular weight excluding hydrogens is 208 g/mol. The van der Waals surface area contributed by atoms with Crippen LogP contribution in [0.1, 0.15) is 18.9 Å². The molecule has 0 N–H and O–H groups in total. The van der Waals surface area contributed by atoms with Gasteiger partial charge in [-0.2, -0.15) is 0 Å². The molecule has 1 nitrogen and oxygen atoms in total. The third-order valence-corrected chi connectivity index (χ3v) is 3.07. The summed E-state index contributed by atoms with van der Waals surface area (Å²) in [5, 5.41) is 0. The van der Waals surface area contributed by atoms with E-state index in [0.717, 1.165) is 18.6 Å². The van der Waals surface area contributed by atoms with Gasteiger partial charge in [-0.15, -0.1) is 0 Å². The maximum Gasteiger partial charge on any atom is 0.115 e. The molecule has 0 aliphatic heterocycles. The highest BCUT2D eigenvalue weighted by Crippen LogP contribution is 2.21. The predicted molar refractivity (Wildman–Crippen MR) is 71.7 cm³/mol. The first-order chi connectivity index (χ1) is 8.29. The van der Waals surface area contributed by atoms with Gasteiger partial charge in [-0.05, 0) is 43.1 Å². The van der Waals surface area contributed by atoms with Crippen LogP contribution in [-0.2, 0) is 11.2 Å². The molecule has 17 heavy (non-hydrogen) atoms. The Morgan fingerprint density at radius 2 is 1.94 bits per heavy atom. The van der Waals surface area contributed by atoms with Crippen LogP contribution in [0.25, 0.3) is 0 Å². The lowest BCUT2D eigenvalue weighted by molar-refractivity contribution is 0.304. The first-order valence-corrected chi connectivity index (χ1v) is 5.94. The number of rotatable bonds is 3. The van der Waals surface area contributed by atoms with E-state index < -0.39 is 0 Å². The van der Waals surface area contributed by atoms with Gasteiger partial charge in [-0.3, -0.25) is 0 Å². The van der Waals surface area contributed by atoms with Crippen LogP contribution in [0.5, 0.6) is 0 Å². The molecule has 0 spiro atoms. The van der Waals surface area contributed by atoms with Gasteiger partial charge in [0.05, 0.1) is 7.11 Å². The number of hydrogen-bond acceptors (Lipinski definition) is 1. The highest BCUT2D eigenvalue weighted by molar-refractivity contribution is 5.37. The van der Waals surface area contributed by atoms with Crippen LogP contribution >= 0.6 is 0 Å². The Labute approximate surface area is 103 Å². The molecule has 1 aliphatic carbocycles. The molecule has 1 aromatic rings. The van der Waals surface area contributed by atoms with Gasteiger partial charge in [0.15, 0.2) is 0 Å². The molecule has 88 valence electrons. The zero-order valence-electron chi connectivity index (χ0n) is 10.4. The molecule has 0 unspecified atom stereocenters. The topological polar surface area (TPSA) is 9.23 Å². The zero-order valence-corrected chi connectivity index (χ0v) is 10.4. The lowest BCUT2D eigenvalue weighted by atomic mass is 9.96. The SMILES string of the molecule is COC1=CC/C(=C(/C)Cc2ccccc2)C=C1. The largest absolute Gasteiger partial charge is 0.497 e.